The Morgan fingerprint density at radius 3 is 2.32 bits per heavy atom. The maximum absolute atomic E-state index is 12.6. The monoisotopic (exact) mass is 631 g/mol. The number of carbonyl (C=O) groups is 2. The van der Waals surface area contributed by atoms with Gasteiger partial charge in [-0.3, -0.25) is 9.59 Å². The van der Waals surface area contributed by atoms with Crippen LogP contribution in [0, 0.1) is 10.5 Å². The predicted octanol–water partition coefficient (Wildman–Crippen LogP) is 5.19. The van der Waals surface area contributed by atoms with Crippen LogP contribution in [0.1, 0.15) is 35.3 Å². The molecule has 0 atom stereocenters. The molecule has 3 aromatic carbocycles. The lowest BCUT2D eigenvalue weighted by molar-refractivity contribution is -0.118. The Morgan fingerprint density at radius 1 is 0.921 bits per heavy atom. The van der Waals surface area contributed by atoms with Gasteiger partial charge in [0.25, 0.3) is 11.8 Å². The standard InChI is InChI=1S/C28H30IN3O6/c1-5-36-24-15-20(9-12-23(24)35-4)28(34)32-30-16-19-13-22(29)27(25(14-19)37-6-2)38-17-26(33)31-21-10-7-18(3)8-11-21/h7-16H,5-6,17H2,1-4H3,(H,31,33)(H,32,34)/b30-16+. The van der Waals surface area contributed by atoms with Crippen molar-refractivity contribution in [2.75, 3.05) is 32.2 Å². The van der Waals surface area contributed by atoms with Gasteiger partial charge in [0.2, 0.25) is 0 Å². The Kier molecular flexibility index (Phi) is 10.8. The second-order valence-electron chi connectivity index (χ2n) is 7.96. The number of aryl methyl sites for hydroxylation is 1. The number of rotatable bonds is 12. The van der Waals surface area contributed by atoms with Crippen molar-refractivity contribution in [1.29, 1.82) is 0 Å². The highest BCUT2D eigenvalue weighted by Crippen LogP contribution is 2.34. The SMILES string of the molecule is CCOc1cc(C(=O)N/N=C/c2cc(I)c(OCC(=O)Nc3ccc(C)cc3)c(OCC)c2)ccc1OC. The number of hydrogen-bond donors (Lipinski definition) is 2. The smallest absolute Gasteiger partial charge is 0.271 e. The highest BCUT2D eigenvalue weighted by atomic mass is 127. The predicted molar refractivity (Wildman–Crippen MR) is 155 cm³/mol. The van der Waals surface area contributed by atoms with Crippen LogP contribution in [0.3, 0.4) is 0 Å². The highest BCUT2D eigenvalue weighted by molar-refractivity contribution is 14.1. The zero-order chi connectivity index (χ0) is 27.5. The minimum Gasteiger partial charge on any atom is -0.493 e. The van der Waals surface area contributed by atoms with E-state index in [4.69, 9.17) is 18.9 Å². The number of hydrazone groups is 1. The van der Waals surface area contributed by atoms with Gasteiger partial charge in [-0.25, -0.2) is 5.43 Å². The molecule has 0 saturated carbocycles. The third-order valence-corrected chi connectivity index (χ3v) is 5.92. The summed E-state index contributed by atoms with van der Waals surface area (Å²) in [5, 5.41) is 6.88. The van der Waals surface area contributed by atoms with Gasteiger partial charge in [-0.2, -0.15) is 5.10 Å². The van der Waals surface area contributed by atoms with E-state index < -0.39 is 5.91 Å². The van der Waals surface area contributed by atoms with Crippen molar-refractivity contribution in [3.05, 3.63) is 74.9 Å². The molecular formula is C28H30IN3O6. The third-order valence-electron chi connectivity index (χ3n) is 5.12. The Hall–Kier alpha value is -3.80. The summed E-state index contributed by atoms with van der Waals surface area (Å²) in [7, 11) is 1.54. The summed E-state index contributed by atoms with van der Waals surface area (Å²) in [4.78, 5) is 25.0. The van der Waals surface area contributed by atoms with Gasteiger partial charge in [-0.1, -0.05) is 17.7 Å². The largest absolute Gasteiger partial charge is 0.493 e. The van der Waals surface area contributed by atoms with Crippen LogP contribution < -0.4 is 29.7 Å². The second kappa shape index (κ2) is 14.2. The summed E-state index contributed by atoms with van der Waals surface area (Å²) >= 11 is 2.11. The van der Waals surface area contributed by atoms with Crippen LogP contribution in [0.5, 0.6) is 23.0 Å². The van der Waals surface area contributed by atoms with E-state index >= 15 is 0 Å². The number of methoxy groups -OCH3 is 1. The van der Waals surface area contributed by atoms with Gasteiger partial charge >= 0.3 is 0 Å². The summed E-state index contributed by atoms with van der Waals surface area (Å²) < 4.78 is 23.0. The molecule has 0 fully saturated rings. The van der Waals surface area contributed by atoms with Crippen molar-refractivity contribution in [2.45, 2.75) is 20.8 Å². The first-order valence-electron chi connectivity index (χ1n) is 11.9. The van der Waals surface area contributed by atoms with Crippen molar-refractivity contribution < 1.29 is 28.5 Å². The van der Waals surface area contributed by atoms with Gasteiger partial charge < -0.3 is 24.3 Å². The quantitative estimate of drug-likeness (QED) is 0.162. The van der Waals surface area contributed by atoms with Gasteiger partial charge in [-0.15, -0.1) is 0 Å². The number of halogens is 1. The number of amides is 2. The number of benzene rings is 3. The number of anilines is 1. The van der Waals surface area contributed by atoms with Gasteiger partial charge in [0.15, 0.2) is 29.6 Å². The molecule has 0 aromatic heterocycles. The molecule has 0 heterocycles. The van der Waals surface area contributed by atoms with Crippen molar-refractivity contribution in [1.82, 2.24) is 5.43 Å². The molecule has 10 heteroatoms. The number of nitrogens with zero attached hydrogens (tertiary/aromatic N) is 1. The molecule has 0 aliphatic heterocycles. The Balaban J connectivity index is 1.66. The van der Waals surface area contributed by atoms with Crippen molar-refractivity contribution >= 4 is 46.3 Å². The molecule has 9 nitrogen and oxygen atoms in total. The van der Waals surface area contributed by atoms with E-state index in [-0.39, 0.29) is 12.5 Å². The maximum Gasteiger partial charge on any atom is 0.271 e. The van der Waals surface area contributed by atoms with Crippen LogP contribution in [0.4, 0.5) is 5.69 Å². The van der Waals surface area contributed by atoms with E-state index in [0.717, 1.165) is 9.13 Å². The van der Waals surface area contributed by atoms with Gasteiger partial charge in [-0.05, 0) is 91.4 Å². The molecular weight excluding hydrogens is 601 g/mol. The van der Waals surface area contributed by atoms with Crippen LogP contribution in [0.15, 0.2) is 59.7 Å². The molecule has 3 aromatic rings. The molecule has 0 bridgehead atoms. The van der Waals surface area contributed by atoms with E-state index in [0.29, 0.717) is 53.0 Å². The van der Waals surface area contributed by atoms with Crippen LogP contribution >= 0.6 is 22.6 Å². The van der Waals surface area contributed by atoms with Crippen LogP contribution in [-0.4, -0.2) is 45.0 Å². The fraction of sp³-hybridized carbons (Fsp3) is 0.250. The van der Waals surface area contributed by atoms with Gasteiger partial charge in [0.05, 0.1) is 30.1 Å². The molecule has 2 amide bonds. The highest BCUT2D eigenvalue weighted by Gasteiger charge is 2.15. The summed E-state index contributed by atoms with van der Waals surface area (Å²) in [5.41, 5.74) is 5.37. The molecule has 0 aliphatic rings. The summed E-state index contributed by atoms with van der Waals surface area (Å²) in [6.07, 6.45) is 1.50. The summed E-state index contributed by atoms with van der Waals surface area (Å²) in [6.45, 7) is 6.35. The topological polar surface area (TPSA) is 107 Å². The average molecular weight is 631 g/mol. The van der Waals surface area contributed by atoms with Gasteiger partial charge in [0, 0.05) is 11.3 Å². The van der Waals surface area contributed by atoms with E-state index in [1.807, 2.05) is 51.1 Å². The molecule has 3 rings (SSSR count). The molecule has 2 N–H and O–H groups in total. The van der Waals surface area contributed by atoms with Crippen LogP contribution in [0.25, 0.3) is 0 Å². The molecule has 200 valence electrons. The van der Waals surface area contributed by atoms with Gasteiger partial charge in [0.1, 0.15) is 0 Å². The minimum atomic E-state index is -0.399. The summed E-state index contributed by atoms with van der Waals surface area (Å²) in [5.74, 6) is 1.25. The van der Waals surface area contributed by atoms with E-state index in [1.165, 1.54) is 13.3 Å². The molecule has 0 spiro atoms. The lowest BCUT2D eigenvalue weighted by Crippen LogP contribution is -2.20. The Bertz CT molecular complexity index is 1290. The first-order valence-corrected chi connectivity index (χ1v) is 13.0. The zero-order valence-electron chi connectivity index (χ0n) is 21.7. The third kappa shape index (κ3) is 8.10. The molecule has 38 heavy (non-hydrogen) atoms. The normalized spacial score (nSPS) is 10.7. The Morgan fingerprint density at radius 2 is 1.63 bits per heavy atom. The number of hydrogen-bond acceptors (Lipinski definition) is 7. The summed E-state index contributed by atoms with van der Waals surface area (Å²) in [6, 6.07) is 16.0. The van der Waals surface area contributed by atoms with Crippen LogP contribution in [0.2, 0.25) is 0 Å². The molecule has 0 saturated heterocycles. The first-order chi connectivity index (χ1) is 18.3. The van der Waals surface area contributed by atoms with E-state index in [2.05, 4.69) is 38.4 Å². The van der Waals surface area contributed by atoms with Crippen molar-refractivity contribution in [3.8, 4) is 23.0 Å². The van der Waals surface area contributed by atoms with Crippen molar-refractivity contribution in [3.63, 3.8) is 0 Å². The molecule has 0 unspecified atom stereocenters. The van der Waals surface area contributed by atoms with Crippen molar-refractivity contribution in [2.24, 2.45) is 5.10 Å². The lowest BCUT2D eigenvalue weighted by Gasteiger charge is -2.14. The average Bonchev–Trinajstić information content (AvgIpc) is 2.90. The van der Waals surface area contributed by atoms with E-state index in [9.17, 15) is 9.59 Å². The van der Waals surface area contributed by atoms with E-state index in [1.54, 1.807) is 24.3 Å². The Labute approximate surface area is 235 Å². The number of ether oxygens (including phenoxy) is 4. The fourth-order valence-corrected chi connectivity index (χ4v) is 4.13. The lowest BCUT2D eigenvalue weighted by atomic mass is 10.2. The number of carbonyl (C=O) groups excluding carboxylic acids is 2. The first kappa shape index (κ1) is 28.8. The minimum absolute atomic E-state index is 0.182. The second-order valence-corrected chi connectivity index (χ2v) is 9.13. The number of nitrogens with one attached hydrogen (secondary N) is 2. The maximum atomic E-state index is 12.6. The van der Waals surface area contributed by atoms with Crippen LogP contribution in [-0.2, 0) is 4.79 Å². The zero-order valence-corrected chi connectivity index (χ0v) is 23.8. The molecule has 0 radical (unpaired) electrons. The fourth-order valence-electron chi connectivity index (χ4n) is 3.35. The molecule has 0 aliphatic carbocycles.